The Bertz CT molecular complexity index is 346. The summed E-state index contributed by atoms with van der Waals surface area (Å²) in [5.41, 5.74) is 2.18. The van der Waals surface area contributed by atoms with Gasteiger partial charge in [-0.25, -0.2) is 0 Å². The lowest BCUT2D eigenvalue weighted by molar-refractivity contribution is 0.0501. The SMILES string of the molecule is Cc1cc(NCCOC2CCCCCC2)ccn1. The third-order valence-corrected chi connectivity index (χ3v) is 3.48. The number of aromatic nitrogens is 1. The molecule has 1 heterocycles. The molecule has 3 heteroatoms. The Labute approximate surface area is 110 Å². The summed E-state index contributed by atoms with van der Waals surface area (Å²) in [4.78, 5) is 4.18. The highest BCUT2D eigenvalue weighted by atomic mass is 16.5. The summed E-state index contributed by atoms with van der Waals surface area (Å²) in [6.07, 6.45) is 10.3. The van der Waals surface area contributed by atoms with Crippen molar-refractivity contribution in [2.24, 2.45) is 0 Å². The van der Waals surface area contributed by atoms with Gasteiger partial charge in [0.2, 0.25) is 0 Å². The lowest BCUT2D eigenvalue weighted by Crippen LogP contribution is -2.17. The first-order chi connectivity index (χ1) is 8.84. The van der Waals surface area contributed by atoms with Crippen LogP contribution in [0, 0.1) is 6.92 Å². The van der Waals surface area contributed by atoms with E-state index in [4.69, 9.17) is 4.74 Å². The third-order valence-electron chi connectivity index (χ3n) is 3.48. The highest BCUT2D eigenvalue weighted by Crippen LogP contribution is 2.19. The number of nitrogens with zero attached hydrogens (tertiary/aromatic N) is 1. The lowest BCUT2D eigenvalue weighted by atomic mass is 10.1. The first kappa shape index (κ1) is 13.3. The third kappa shape index (κ3) is 4.65. The molecule has 1 fully saturated rings. The van der Waals surface area contributed by atoms with E-state index in [0.29, 0.717) is 6.10 Å². The number of anilines is 1. The zero-order chi connectivity index (χ0) is 12.6. The second kappa shape index (κ2) is 7.37. The molecule has 0 spiro atoms. The molecule has 0 aliphatic heterocycles. The summed E-state index contributed by atoms with van der Waals surface area (Å²) in [5, 5.41) is 3.38. The van der Waals surface area contributed by atoms with Crippen LogP contribution in [0.2, 0.25) is 0 Å². The normalized spacial score (nSPS) is 17.4. The first-order valence-electron chi connectivity index (χ1n) is 7.13. The van der Waals surface area contributed by atoms with E-state index in [1.165, 1.54) is 38.5 Å². The Morgan fingerprint density at radius 2 is 2.06 bits per heavy atom. The molecule has 1 aromatic heterocycles. The van der Waals surface area contributed by atoms with Crippen molar-refractivity contribution in [3.05, 3.63) is 24.0 Å². The van der Waals surface area contributed by atoms with Crippen molar-refractivity contribution >= 4 is 5.69 Å². The van der Waals surface area contributed by atoms with Gasteiger partial charge < -0.3 is 10.1 Å². The number of hydrogen-bond acceptors (Lipinski definition) is 3. The average molecular weight is 248 g/mol. The molecular formula is C15H24N2O. The molecule has 2 rings (SSSR count). The molecule has 100 valence electrons. The van der Waals surface area contributed by atoms with Crippen molar-refractivity contribution in [3.63, 3.8) is 0 Å². The van der Waals surface area contributed by atoms with Gasteiger partial charge >= 0.3 is 0 Å². The molecule has 0 unspecified atom stereocenters. The Hall–Kier alpha value is -1.09. The van der Waals surface area contributed by atoms with Crippen LogP contribution in [0.15, 0.2) is 18.3 Å². The van der Waals surface area contributed by atoms with Gasteiger partial charge in [0.1, 0.15) is 0 Å². The lowest BCUT2D eigenvalue weighted by Gasteiger charge is -2.15. The fraction of sp³-hybridized carbons (Fsp3) is 0.667. The molecule has 1 aromatic rings. The average Bonchev–Trinajstić information content (AvgIpc) is 2.63. The molecule has 0 amide bonds. The molecule has 1 aliphatic rings. The van der Waals surface area contributed by atoms with Crippen LogP contribution in [0.25, 0.3) is 0 Å². The van der Waals surface area contributed by atoms with Crippen molar-refractivity contribution in [1.29, 1.82) is 0 Å². The molecule has 0 radical (unpaired) electrons. The van der Waals surface area contributed by atoms with Crippen LogP contribution in [0.3, 0.4) is 0 Å². The molecule has 0 bridgehead atoms. The maximum absolute atomic E-state index is 5.94. The van der Waals surface area contributed by atoms with Crippen molar-refractivity contribution in [1.82, 2.24) is 4.98 Å². The molecule has 0 saturated heterocycles. The van der Waals surface area contributed by atoms with Crippen LogP contribution in [0.1, 0.15) is 44.2 Å². The Kier molecular flexibility index (Phi) is 5.46. The van der Waals surface area contributed by atoms with E-state index < -0.39 is 0 Å². The number of rotatable bonds is 5. The number of hydrogen-bond donors (Lipinski definition) is 1. The second-order valence-corrected chi connectivity index (χ2v) is 5.10. The van der Waals surface area contributed by atoms with Crippen molar-refractivity contribution in [3.8, 4) is 0 Å². The summed E-state index contributed by atoms with van der Waals surface area (Å²) in [6, 6.07) is 4.06. The molecule has 1 N–H and O–H groups in total. The van der Waals surface area contributed by atoms with Gasteiger partial charge in [0.25, 0.3) is 0 Å². The van der Waals surface area contributed by atoms with Crippen LogP contribution in [0.4, 0.5) is 5.69 Å². The largest absolute Gasteiger partial charge is 0.383 e. The summed E-state index contributed by atoms with van der Waals surface area (Å²) in [7, 11) is 0. The Morgan fingerprint density at radius 1 is 1.28 bits per heavy atom. The van der Waals surface area contributed by atoms with Gasteiger partial charge in [0, 0.05) is 24.1 Å². The quantitative estimate of drug-likeness (QED) is 0.639. The van der Waals surface area contributed by atoms with Gasteiger partial charge in [-0.3, -0.25) is 4.98 Å². The molecular weight excluding hydrogens is 224 g/mol. The summed E-state index contributed by atoms with van der Waals surface area (Å²) in [6.45, 7) is 3.68. The first-order valence-corrected chi connectivity index (χ1v) is 7.13. The van der Waals surface area contributed by atoms with E-state index in [2.05, 4.69) is 16.4 Å². The minimum absolute atomic E-state index is 0.494. The van der Waals surface area contributed by atoms with Crippen LogP contribution in [0.5, 0.6) is 0 Å². The Morgan fingerprint density at radius 3 is 2.78 bits per heavy atom. The van der Waals surface area contributed by atoms with Gasteiger partial charge in [-0.1, -0.05) is 25.7 Å². The predicted octanol–water partition coefficient (Wildman–Crippen LogP) is 3.54. The zero-order valence-electron chi connectivity index (χ0n) is 11.3. The minimum Gasteiger partial charge on any atom is -0.383 e. The van der Waals surface area contributed by atoms with Gasteiger partial charge in [-0.2, -0.15) is 0 Å². The van der Waals surface area contributed by atoms with E-state index in [1.807, 2.05) is 19.2 Å². The van der Waals surface area contributed by atoms with Crippen LogP contribution in [-0.2, 0) is 4.74 Å². The number of nitrogens with one attached hydrogen (secondary N) is 1. The number of pyridine rings is 1. The smallest absolute Gasteiger partial charge is 0.0642 e. The fourth-order valence-electron chi connectivity index (χ4n) is 2.49. The van der Waals surface area contributed by atoms with E-state index in [-0.39, 0.29) is 0 Å². The Balaban J connectivity index is 1.63. The topological polar surface area (TPSA) is 34.1 Å². The van der Waals surface area contributed by atoms with E-state index in [9.17, 15) is 0 Å². The van der Waals surface area contributed by atoms with Crippen molar-refractivity contribution in [2.75, 3.05) is 18.5 Å². The van der Waals surface area contributed by atoms with Crippen LogP contribution >= 0.6 is 0 Å². The predicted molar refractivity (Wildman–Crippen MR) is 74.9 cm³/mol. The highest BCUT2D eigenvalue weighted by Gasteiger charge is 2.11. The van der Waals surface area contributed by atoms with Gasteiger partial charge in [-0.15, -0.1) is 0 Å². The van der Waals surface area contributed by atoms with Crippen LogP contribution < -0.4 is 5.32 Å². The number of ether oxygens (including phenoxy) is 1. The molecule has 1 aliphatic carbocycles. The minimum atomic E-state index is 0.494. The molecule has 18 heavy (non-hydrogen) atoms. The highest BCUT2D eigenvalue weighted by molar-refractivity contribution is 5.42. The van der Waals surface area contributed by atoms with Gasteiger partial charge in [0.15, 0.2) is 0 Å². The summed E-state index contributed by atoms with van der Waals surface area (Å²) >= 11 is 0. The molecule has 0 aromatic carbocycles. The maximum atomic E-state index is 5.94. The molecule has 1 saturated carbocycles. The van der Waals surface area contributed by atoms with E-state index >= 15 is 0 Å². The van der Waals surface area contributed by atoms with E-state index in [1.54, 1.807) is 0 Å². The van der Waals surface area contributed by atoms with E-state index in [0.717, 1.165) is 24.5 Å². The molecule has 3 nitrogen and oxygen atoms in total. The fourth-order valence-corrected chi connectivity index (χ4v) is 2.49. The van der Waals surface area contributed by atoms with Gasteiger partial charge in [0.05, 0.1) is 12.7 Å². The zero-order valence-corrected chi connectivity index (χ0v) is 11.3. The monoisotopic (exact) mass is 248 g/mol. The van der Waals surface area contributed by atoms with Gasteiger partial charge in [-0.05, 0) is 31.9 Å². The standard InChI is InChI=1S/C15H24N2O/c1-13-12-14(8-9-16-13)17-10-11-18-15-6-4-2-3-5-7-15/h8-9,12,15H,2-7,10-11H2,1H3,(H,16,17). The maximum Gasteiger partial charge on any atom is 0.0642 e. The number of aryl methyl sites for hydroxylation is 1. The molecule has 0 atom stereocenters. The second-order valence-electron chi connectivity index (χ2n) is 5.10. The summed E-state index contributed by atoms with van der Waals surface area (Å²) < 4.78 is 5.94. The summed E-state index contributed by atoms with van der Waals surface area (Å²) in [5.74, 6) is 0. The van der Waals surface area contributed by atoms with Crippen molar-refractivity contribution in [2.45, 2.75) is 51.6 Å². The van der Waals surface area contributed by atoms with Crippen molar-refractivity contribution < 1.29 is 4.74 Å². The van der Waals surface area contributed by atoms with Crippen LogP contribution in [-0.4, -0.2) is 24.2 Å².